The van der Waals surface area contributed by atoms with Crippen molar-refractivity contribution in [3.8, 4) is 0 Å². The highest BCUT2D eigenvalue weighted by Crippen LogP contribution is 2.10. The fourth-order valence-electron chi connectivity index (χ4n) is 1.81. The topological polar surface area (TPSA) is 91.3 Å². The van der Waals surface area contributed by atoms with Crippen LogP contribution in [0, 0.1) is 0 Å². The van der Waals surface area contributed by atoms with Crippen LogP contribution in [-0.4, -0.2) is 28.5 Å². The minimum Gasteiger partial charge on any atom is -0.480 e. The number of nitrogens with one attached hydrogen (secondary N) is 2. The summed E-state index contributed by atoms with van der Waals surface area (Å²) in [5.74, 6) is -1.11. The lowest BCUT2D eigenvalue weighted by molar-refractivity contribution is -0.135. The third-order valence-corrected chi connectivity index (χ3v) is 2.97. The zero-order valence-corrected chi connectivity index (χ0v) is 12.4. The molecule has 0 saturated heterocycles. The van der Waals surface area contributed by atoms with Crippen molar-refractivity contribution in [3.63, 3.8) is 0 Å². The number of rotatable bonds is 7. The zero-order valence-electron chi connectivity index (χ0n) is 12.4. The Bertz CT molecular complexity index is 682. The molecule has 6 heteroatoms. The summed E-state index contributed by atoms with van der Waals surface area (Å²) in [5.41, 5.74) is 2.50. The third kappa shape index (κ3) is 6.01. The van der Waals surface area contributed by atoms with E-state index in [0.717, 1.165) is 11.1 Å². The molecular formula is C17H17N3O3. The van der Waals surface area contributed by atoms with Gasteiger partial charge in [-0.05, 0) is 35.4 Å². The molecule has 0 spiro atoms. The lowest BCUT2D eigenvalue weighted by atomic mass is 10.2. The Morgan fingerprint density at radius 2 is 1.96 bits per heavy atom. The number of hydrogen-bond donors (Lipinski definition) is 3. The number of carboxylic acids is 1. The number of carboxylic acid groups (broad SMARTS) is 1. The zero-order chi connectivity index (χ0) is 16.5. The fraction of sp³-hybridized carbons (Fsp3) is 0.118. The van der Waals surface area contributed by atoms with E-state index in [9.17, 15) is 9.59 Å². The number of carbonyl (C=O) groups excluding carboxylic acids is 1. The first kappa shape index (κ1) is 16.2. The standard InChI is InChI=1S/C17H17N3O3/c21-16(20-11-14-2-1-9-18-10-14)8-5-13-3-6-15(7-4-13)19-12-17(22)23/h1-10,19H,11-12H2,(H,20,21)(H,22,23)/b8-5+. The Morgan fingerprint density at radius 3 is 2.61 bits per heavy atom. The lowest BCUT2D eigenvalue weighted by Gasteiger charge is -2.03. The Hall–Kier alpha value is -3.15. The van der Waals surface area contributed by atoms with Crippen molar-refractivity contribution in [2.75, 3.05) is 11.9 Å². The molecular weight excluding hydrogens is 294 g/mol. The van der Waals surface area contributed by atoms with Gasteiger partial charge in [0.05, 0.1) is 0 Å². The van der Waals surface area contributed by atoms with E-state index in [1.165, 1.54) is 6.08 Å². The number of carbonyl (C=O) groups is 2. The average Bonchev–Trinajstić information content (AvgIpc) is 2.58. The van der Waals surface area contributed by atoms with Crippen LogP contribution in [0.15, 0.2) is 54.9 Å². The molecule has 0 fully saturated rings. The molecule has 0 aliphatic carbocycles. The highest BCUT2D eigenvalue weighted by atomic mass is 16.4. The van der Waals surface area contributed by atoms with Gasteiger partial charge < -0.3 is 15.7 Å². The summed E-state index contributed by atoms with van der Waals surface area (Å²) in [7, 11) is 0. The first-order valence-corrected chi connectivity index (χ1v) is 7.04. The van der Waals surface area contributed by atoms with Crippen LogP contribution in [0.3, 0.4) is 0 Å². The summed E-state index contributed by atoms with van der Waals surface area (Å²) in [6.45, 7) is 0.293. The molecule has 0 aliphatic heterocycles. The number of aliphatic carboxylic acids is 1. The average molecular weight is 311 g/mol. The Balaban J connectivity index is 1.82. The van der Waals surface area contributed by atoms with Crippen LogP contribution in [0.2, 0.25) is 0 Å². The predicted molar refractivity (Wildman–Crippen MR) is 87.7 cm³/mol. The van der Waals surface area contributed by atoms with Gasteiger partial charge in [-0.3, -0.25) is 14.6 Å². The van der Waals surface area contributed by atoms with Crippen molar-refractivity contribution in [1.29, 1.82) is 0 Å². The van der Waals surface area contributed by atoms with Crippen LogP contribution < -0.4 is 10.6 Å². The number of aromatic nitrogens is 1. The van der Waals surface area contributed by atoms with E-state index in [2.05, 4.69) is 15.6 Å². The van der Waals surface area contributed by atoms with Gasteiger partial charge >= 0.3 is 5.97 Å². The molecule has 6 nitrogen and oxygen atoms in total. The van der Waals surface area contributed by atoms with Crippen molar-refractivity contribution < 1.29 is 14.7 Å². The maximum Gasteiger partial charge on any atom is 0.322 e. The van der Waals surface area contributed by atoms with Gasteiger partial charge in [0.25, 0.3) is 0 Å². The molecule has 118 valence electrons. The highest BCUT2D eigenvalue weighted by molar-refractivity contribution is 5.91. The summed E-state index contributed by atoms with van der Waals surface area (Å²) in [6.07, 6.45) is 6.53. The Kier molecular flexibility index (Phi) is 5.88. The molecule has 0 unspecified atom stereocenters. The van der Waals surface area contributed by atoms with E-state index in [1.807, 2.05) is 12.1 Å². The Morgan fingerprint density at radius 1 is 1.17 bits per heavy atom. The van der Waals surface area contributed by atoms with Crippen LogP contribution in [0.4, 0.5) is 5.69 Å². The molecule has 0 radical (unpaired) electrons. The molecule has 0 aliphatic rings. The maximum atomic E-state index is 11.7. The molecule has 0 bridgehead atoms. The maximum absolute atomic E-state index is 11.7. The minimum absolute atomic E-state index is 0.133. The van der Waals surface area contributed by atoms with Gasteiger partial charge in [0, 0.05) is 30.7 Å². The van der Waals surface area contributed by atoms with Crippen LogP contribution in [0.5, 0.6) is 0 Å². The normalized spacial score (nSPS) is 10.4. The summed E-state index contributed by atoms with van der Waals surface area (Å²) in [4.78, 5) is 26.2. The second kappa shape index (κ2) is 8.33. The lowest BCUT2D eigenvalue weighted by Crippen LogP contribution is -2.20. The van der Waals surface area contributed by atoms with Gasteiger partial charge in [0.1, 0.15) is 6.54 Å². The monoisotopic (exact) mass is 311 g/mol. The fourth-order valence-corrected chi connectivity index (χ4v) is 1.81. The molecule has 2 rings (SSSR count). The van der Waals surface area contributed by atoms with Crippen LogP contribution in [0.1, 0.15) is 11.1 Å². The van der Waals surface area contributed by atoms with Crippen molar-refractivity contribution >= 4 is 23.6 Å². The number of hydrogen-bond acceptors (Lipinski definition) is 4. The molecule has 1 aromatic carbocycles. The summed E-state index contributed by atoms with van der Waals surface area (Å²) in [5, 5.41) is 14.1. The molecule has 3 N–H and O–H groups in total. The number of pyridine rings is 1. The quantitative estimate of drug-likeness (QED) is 0.679. The smallest absolute Gasteiger partial charge is 0.322 e. The van der Waals surface area contributed by atoms with Crippen LogP contribution in [-0.2, 0) is 16.1 Å². The van der Waals surface area contributed by atoms with Gasteiger partial charge in [-0.25, -0.2) is 0 Å². The molecule has 1 heterocycles. The first-order chi connectivity index (χ1) is 11.1. The van der Waals surface area contributed by atoms with Gasteiger partial charge in [-0.15, -0.1) is 0 Å². The van der Waals surface area contributed by atoms with E-state index in [1.54, 1.807) is 42.7 Å². The van der Waals surface area contributed by atoms with Gasteiger partial charge in [-0.2, -0.15) is 0 Å². The van der Waals surface area contributed by atoms with Crippen molar-refractivity contribution in [2.24, 2.45) is 0 Å². The highest BCUT2D eigenvalue weighted by Gasteiger charge is 1.98. The van der Waals surface area contributed by atoms with Crippen molar-refractivity contribution in [3.05, 3.63) is 66.0 Å². The second-order valence-electron chi connectivity index (χ2n) is 4.78. The van der Waals surface area contributed by atoms with E-state index in [0.29, 0.717) is 12.2 Å². The number of anilines is 1. The second-order valence-corrected chi connectivity index (χ2v) is 4.78. The Labute approximate surface area is 133 Å². The van der Waals surface area contributed by atoms with E-state index >= 15 is 0 Å². The van der Waals surface area contributed by atoms with E-state index < -0.39 is 5.97 Å². The number of benzene rings is 1. The molecule has 0 saturated carbocycles. The summed E-state index contributed by atoms with van der Waals surface area (Å²) >= 11 is 0. The van der Waals surface area contributed by atoms with Crippen LogP contribution in [0.25, 0.3) is 6.08 Å². The van der Waals surface area contributed by atoms with Crippen molar-refractivity contribution in [2.45, 2.75) is 6.54 Å². The number of amides is 1. The van der Waals surface area contributed by atoms with E-state index in [4.69, 9.17) is 5.11 Å². The van der Waals surface area contributed by atoms with Gasteiger partial charge in [-0.1, -0.05) is 18.2 Å². The largest absolute Gasteiger partial charge is 0.480 e. The van der Waals surface area contributed by atoms with Crippen LogP contribution >= 0.6 is 0 Å². The molecule has 23 heavy (non-hydrogen) atoms. The molecule has 1 amide bonds. The molecule has 2 aromatic rings. The van der Waals surface area contributed by atoms with Gasteiger partial charge in [0.2, 0.25) is 5.91 Å². The van der Waals surface area contributed by atoms with Gasteiger partial charge in [0.15, 0.2) is 0 Å². The van der Waals surface area contributed by atoms with E-state index in [-0.39, 0.29) is 12.5 Å². The number of nitrogens with zero attached hydrogens (tertiary/aromatic N) is 1. The summed E-state index contributed by atoms with van der Waals surface area (Å²) in [6, 6.07) is 10.8. The van der Waals surface area contributed by atoms with Crippen molar-refractivity contribution in [1.82, 2.24) is 10.3 Å². The minimum atomic E-state index is -0.917. The predicted octanol–water partition coefficient (Wildman–Crippen LogP) is 1.91. The molecule has 0 atom stereocenters. The summed E-state index contributed by atoms with van der Waals surface area (Å²) < 4.78 is 0. The molecule has 1 aromatic heterocycles. The first-order valence-electron chi connectivity index (χ1n) is 7.04. The SMILES string of the molecule is O=C(O)CNc1ccc(/C=C/C(=O)NCc2cccnc2)cc1. The third-order valence-electron chi connectivity index (χ3n) is 2.97.